The van der Waals surface area contributed by atoms with Gasteiger partial charge in [0.1, 0.15) is 5.82 Å². The van der Waals surface area contributed by atoms with E-state index in [0.717, 1.165) is 24.8 Å². The summed E-state index contributed by atoms with van der Waals surface area (Å²) in [5.74, 6) is 1.89. The van der Waals surface area contributed by atoms with Crippen LogP contribution >= 0.6 is 0 Å². The number of aryl methyl sites for hydroxylation is 1. The van der Waals surface area contributed by atoms with Crippen molar-refractivity contribution in [2.24, 2.45) is 0 Å². The summed E-state index contributed by atoms with van der Waals surface area (Å²) in [5, 5.41) is 3.90. The highest BCUT2D eigenvalue weighted by Crippen LogP contribution is 2.38. The second-order valence-corrected chi connectivity index (χ2v) is 7.34. The van der Waals surface area contributed by atoms with Crippen molar-refractivity contribution < 1.29 is 0 Å². The van der Waals surface area contributed by atoms with Crippen LogP contribution < -0.4 is 10.2 Å². The molecular weight excluding hydrogens is 294 g/mol. The summed E-state index contributed by atoms with van der Waals surface area (Å²) < 4.78 is 0. The normalized spacial score (nSPS) is 24.6. The Balaban J connectivity index is 1.24. The number of hydrogen-bond donors (Lipinski definition) is 1. The number of nitrogens with one attached hydrogen (secondary N) is 1. The summed E-state index contributed by atoms with van der Waals surface area (Å²) in [7, 11) is 0. The first-order chi connectivity index (χ1) is 11.8. The van der Waals surface area contributed by atoms with Gasteiger partial charge in [-0.1, -0.05) is 30.3 Å². The summed E-state index contributed by atoms with van der Waals surface area (Å²) in [6.07, 6.45) is 6.93. The fourth-order valence-corrected chi connectivity index (χ4v) is 4.20. The maximum atomic E-state index is 4.47. The Kier molecular flexibility index (Phi) is 4.52. The summed E-state index contributed by atoms with van der Waals surface area (Å²) in [4.78, 5) is 6.88. The first-order valence-electron chi connectivity index (χ1n) is 9.27. The van der Waals surface area contributed by atoms with E-state index in [4.69, 9.17) is 0 Å². The summed E-state index contributed by atoms with van der Waals surface area (Å²) in [5.41, 5.74) is 3.00. The SMILES string of the molecule is Cc1ccccc1C1CC(NC2CCN(c3ccccn3)CC2)C1. The van der Waals surface area contributed by atoms with E-state index >= 15 is 0 Å². The van der Waals surface area contributed by atoms with Crippen LogP contribution in [0.3, 0.4) is 0 Å². The molecule has 3 heteroatoms. The van der Waals surface area contributed by atoms with Gasteiger partial charge in [0.05, 0.1) is 0 Å². The van der Waals surface area contributed by atoms with Gasteiger partial charge in [0.25, 0.3) is 0 Å². The number of hydrogen-bond acceptors (Lipinski definition) is 3. The molecule has 0 amide bonds. The van der Waals surface area contributed by atoms with E-state index in [9.17, 15) is 0 Å². The average molecular weight is 321 g/mol. The van der Waals surface area contributed by atoms with Gasteiger partial charge in [-0.05, 0) is 61.8 Å². The van der Waals surface area contributed by atoms with E-state index in [2.05, 4.69) is 58.5 Å². The standard InChI is InChI=1S/C21H27N3/c1-16-6-2-3-7-20(16)17-14-19(15-17)23-18-9-12-24(13-10-18)21-8-4-5-11-22-21/h2-8,11,17-19,23H,9-10,12-15H2,1H3. The predicted octanol–water partition coefficient (Wildman–Crippen LogP) is 3.89. The molecule has 1 aromatic carbocycles. The monoisotopic (exact) mass is 321 g/mol. The molecule has 0 unspecified atom stereocenters. The van der Waals surface area contributed by atoms with Gasteiger partial charge in [-0.3, -0.25) is 0 Å². The fraction of sp³-hybridized carbons (Fsp3) is 0.476. The average Bonchev–Trinajstić information content (AvgIpc) is 2.60. The van der Waals surface area contributed by atoms with Crippen LogP contribution in [0.4, 0.5) is 5.82 Å². The van der Waals surface area contributed by atoms with Crippen LogP contribution in [0.5, 0.6) is 0 Å². The maximum Gasteiger partial charge on any atom is 0.128 e. The van der Waals surface area contributed by atoms with Crippen LogP contribution in [0.2, 0.25) is 0 Å². The number of aromatic nitrogens is 1. The number of pyridine rings is 1. The van der Waals surface area contributed by atoms with Gasteiger partial charge in [0.15, 0.2) is 0 Å². The van der Waals surface area contributed by atoms with Gasteiger partial charge in [-0.25, -0.2) is 4.98 Å². The molecule has 126 valence electrons. The van der Waals surface area contributed by atoms with E-state index in [1.807, 2.05) is 12.3 Å². The number of nitrogens with zero attached hydrogens (tertiary/aromatic N) is 2. The Bertz CT molecular complexity index is 656. The Labute approximate surface area is 145 Å². The molecule has 2 aliphatic rings. The molecule has 1 saturated carbocycles. The van der Waals surface area contributed by atoms with Crippen LogP contribution in [-0.4, -0.2) is 30.2 Å². The first kappa shape index (κ1) is 15.6. The molecule has 1 aliphatic heterocycles. The molecule has 0 atom stereocenters. The number of piperidine rings is 1. The molecule has 2 heterocycles. The van der Waals surface area contributed by atoms with Crippen LogP contribution in [-0.2, 0) is 0 Å². The molecule has 24 heavy (non-hydrogen) atoms. The first-order valence-corrected chi connectivity index (χ1v) is 9.27. The third-order valence-electron chi connectivity index (χ3n) is 5.71. The maximum absolute atomic E-state index is 4.47. The highest BCUT2D eigenvalue weighted by atomic mass is 15.2. The van der Waals surface area contributed by atoms with Gasteiger partial charge in [0, 0.05) is 31.4 Å². The second-order valence-electron chi connectivity index (χ2n) is 7.34. The van der Waals surface area contributed by atoms with E-state index in [-0.39, 0.29) is 0 Å². The predicted molar refractivity (Wildman–Crippen MR) is 99.5 cm³/mol. The van der Waals surface area contributed by atoms with Crippen LogP contribution in [0, 0.1) is 6.92 Å². The van der Waals surface area contributed by atoms with Crippen molar-refractivity contribution in [2.75, 3.05) is 18.0 Å². The van der Waals surface area contributed by atoms with Gasteiger partial charge < -0.3 is 10.2 Å². The van der Waals surface area contributed by atoms with Crippen LogP contribution in [0.25, 0.3) is 0 Å². The van der Waals surface area contributed by atoms with Crippen LogP contribution in [0.1, 0.15) is 42.7 Å². The molecule has 0 radical (unpaired) electrons. The summed E-state index contributed by atoms with van der Waals surface area (Å²) in [6.45, 7) is 4.47. The lowest BCUT2D eigenvalue weighted by Gasteiger charge is -2.41. The highest BCUT2D eigenvalue weighted by Gasteiger charge is 2.33. The molecule has 1 N–H and O–H groups in total. The number of benzene rings is 1. The zero-order valence-electron chi connectivity index (χ0n) is 14.5. The Morgan fingerprint density at radius 3 is 2.42 bits per heavy atom. The zero-order chi connectivity index (χ0) is 16.4. The molecule has 2 aromatic rings. The van der Waals surface area contributed by atoms with Gasteiger partial charge in [-0.15, -0.1) is 0 Å². The Morgan fingerprint density at radius 2 is 1.71 bits per heavy atom. The molecule has 3 nitrogen and oxygen atoms in total. The minimum atomic E-state index is 0.674. The lowest BCUT2D eigenvalue weighted by Crippen LogP contribution is -2.50. The minimum Gasteiger partial charge on any atom is -0.357 e. The smallest absolute Gasteiger partial charge is 0.128 e. The quantitative estimate of drug-likeness (QED) is 0.926. The van der Waals surface area contributed by atoms with E-state index in [1.165, 1.54) is 31.2 Å². The molecule has 1 aromatic heterocycles. The molecule has 2 fully saturated rings. The van der Waals surface area contributed by atoms with Crippen molar-refractivity contribution in [2.45, 2.75) is 50.6 Å². The van der Waals surface area contributed by atoms with E-state index in [1.54, 1.807) is 5.56 Å². The van der Waals surface area contributed by atoms with Crippen molar-refractivity contribution in [3.8, 4) is 0 Å². The van der Waals surface area contributed by atoms with Crippen molar-refractivity contribution in [1.82, 2.24) is 10.3 Å². The van der Waals surface area contributed by atoms with Gasteiger partial charge >= 0.3 is 0 Å². The minimum absolute atomic E-state index is 0.674. The van der Waals surface area contributed by atoms with Crippen LogP contribution in [0.15, 0.2) is 48.7 Å². The van der Waals surface area contributed by atoms with Crippen molar-refractivity contribution in [1.29, 1.82) is 0 Å². The molecular formula is C21H27N3. The lowest BCUT2D eigenvalue weighted by atomic mass is 9.74. The molecule has 1 saturated heterocycles. The number of anilines is 1. The fourth-order valence-electron chi connectivity index (χ4n) is 4.20. The van der Waals surface area contributed by atoms with Gasteiger partial charge in [-0.2, -0.15) is 0 Å². The molecule has 1 aliphatic carbocycles. The largest absolute Gasteiger partial charge is 0.357 e. The Morgan fingerprint density at radius 1 is 0.958 bits per heavy atom. The van der Waals surface area contributed by atoms with E-state index in [0.29, 0.717) is 12.1 Å². The lowest BCUT2D eigenvalue weighted by molar-refractivity contribution is 0.247. The van der Waals surface area contributed by atoms with E-state index < -0.39 is 0 Å². The zero-order valence-corrected chi connectivity index (χ0v) is 14.5. The van der Waals surface area contributed by atoms with Crippen molar-refractivity contribution >= 4 is 5.82 Å². The Hall–Kier alpha value is -1.87. The third-order valence-corrected chi connectivity index (χ3v) is 5.71. The van der Waals surface area contributed by atoms with Gasteiger partial charge in [0.2, 0.25) is 0 Å². The number of rotatable bonds is 4. The summed E-state index contributed by atoms with van der Waals surface area (Å²) in [6, 6.07) is 16.4. The van der Waals surface area contributed by atoms with Crippen molar-refractivity contribution in [3.05, 3.63) is 59.8 Å². The molecule has 4 rings (SSSR count). The molecule has 0 bridgehead atoms. The highest BCUT2D eigenvalue weighted by molar-refractivity contribution is 5.38. The molecule has 0 spiro atoms. The third kappa shape index (κ3) is 3.32. The summed E-state index contributed by atoms with van der Waals surface area (Å²) >= 11 is 0. The second kappa shape index (κ2) is 6.94. The topological polar surface area (TPSA) is 28.2 Å². The van der Waals surface area contributed by atoms with Crippen molar-refractivity contribution in [3.63, 3.8) is 0 Å².